The lowest BCUT2D eigenvalue weighted by molar-refractivity contribution is 0.150. The van der Waals surface area contributed by atoms with Crippen molar-refractivity contribution < 1.29 is 13.9 Å². The Bertz CT molecular complexity index is 527. The van der Waals surface area contributed by atoms with Gasteiger partial charge in [0, 0.05) is 16.9 Å². The van der Waals surface area contributed by atoms with Gasteiger partial charge >= 0.3 is 0 Å². The van der Waals surface area contributed by atoms with Gasteiger partial charge in [0.2, 0.25) is 0 Å². The Labute approximate surface area is 116 Å². The number of hydrogen-bond acceptors (Lipinski definition) is 2. The zero-order valence-electron chi connectivity index (χ0n) is 9.32. The van der Waals surface area contributed by atoms with E-state index in [1.807, 2.05) is 12.1 Å². The maximum absolute atomic E-state index is 12.6. The minimum absolute atomic E-state index is 0.0566. The Morgan fingerprint density at radius 3 is 2.50 bits per heavy atom. The predicted octanol–water partition coefficient (Wildman–Crippen LogP) is 4.72. The van der Waals surface area contributed by atoms with E-state index in [0.717, 1.165) is 8.66 Å². The number of aliphatic hydroxyl groups excluding tert-OH is 1. The van der Waals surface area contributed by atoms with E-state index < -0.39 is 12.5 Å². The Morgan fingerprint density at radius 1 is 1.17 bits per heavy atom. The number of thiophene rings is 1. The van der Waals surface area contributed by atoms with E-state index in [2.05, 4.69) is 15.9 Å². The van der Waals surface area contributed by atoms with Crippen LogP contribution in [0.2, 0.25) is 0 Å². The van der Waals surface area contributed by atoms with Crippen LogP contribution >= 0.6 is 27.3 Å². The van der Waals surface area contributed by atoms with Crippen LogP contribution < -0.4 is 0 Å². The summed E-state index contributed by atoms with van der Waals surface area (Å²) in [5.74, 6) is 0. The molecule has 1 nitrogen and oxygen atoms in total. The van der Waals surface area contributed by atoms with Gasteiger partial charge < -0.3 is 5.11 Å². The van der Waals surface area contributed by atoms with E-state index in [1.165, 1.54) is 23.5 Å². The first-order valence-electron chi connectivity index (χ1n) is 5.36. The number of halogens is 3. The number of alkyl halides is 2. The lowest BCUT2D eigenvalue weighted by atomic mass is 10.0. The van der Waals surface area contributed by atoms with E-state index >= 15 is 0 Å². The van der Waals surface area contributed by atoms with Crippen LogP contribution in [0.5, 0.6) is 0 Å². The molecule has 0 spiro atoms. The van der Waals surface area contributed by atoms with Crippen LogP contribution in [0.1, 0.15) is 28.5 Å². The second kappa shape index (κ2) is 5.91. The molecule has 1 atom stereocenters. The first kappa shape index (κ1) is 13.6. The molecule has 0 radical (unpaired) electrons. The summed E-state index contributed by atoms with van der Waals surface area (Å²) >= 11 is 4.88. The maximum Gasteiger partial charge on any atom is 0.263 e. The molecule has 0 aliphatic heterocycles. The van der Waals surface area contributed by atoms with Crippen molar-refractivity contribution in [2.75, 3.05) is 0 Å². The Hall–Kier alpha value is -0.780. The number of aliphatic hydroxyl groups is 1. The number of benzene rings is 1. The van der Waals surface area contributed by atoms with Crippen LogP contribution in [0.4, 0.5) is 8.78 Å². The molecule has 2 rings (SSSR count). The zero-order valence-corrected chi connectivity index (χ0v) is 11.7. The fraction of sp³-hybridized carbons (Fsp3) is 0.231. The van der Waals surface area contributed by atoms with Gasteiger partial charge in [-0.3, -0.25) is 0 Å². The Balaban J connectivity index is 2.13. The second-order valence-corrected chi connectivity index (χ2v) is 6.44. The molecule has 0 bridgehead atoms. The normalized spacial score (nSPS) is 12.9. The van der Waals surface area contributed by atoms with Crippen molar-refractivity contribution in [3.05, 3.63) is 56.2 Å². The van der Waals surface area contributed by atoms with E-state index in [1.54, 1.807) is 12.1 Å². The van der Waals surface area contributed by atoms with Crippen LogP contribution in [0, 0.1) is 0 Å². The monoisotopic (exact) mass is 332 g/mol. The van der Waals surface area contributed by atoms with E-state index in [9.17, 15) is 13.9 Å². The van der Waals surface area contributed by atoms with E-state index in [0.29, 0.717) is 12.0 Å². The van der Waals surface area contributed by atoms with Crippen molar-refractivity contribution in [2.45, 2.75) is 19.0 Å². The molecular weight excluding hydrogens is 322 g/mol. The highest BCUT2D eigenvalue weighted by molar-refractivity contribution is 9.11. The van der Waals surface area contributed by atoms with Crippen LogP contribution in [0.15, 0.2) is 40.2 Å². The van der Waals surface area contributed by atoms with Gasteiger partial charge in [-0.2, -0.15) is 0 Å². The summed E-state index contributed by atoms with van der Waals surface area (Å²) in [4.78, 5) is 1.01. The van der Waals surface area contributed by atoms with Gasteiger partial charge in [-0.25, -0.2) is 8.78 Å². The minimum atomic E-state index is -2.51. The third-order valence-corrected chi connectivity index (χ3v) is 4.22. The van der Waals surface area contributed by atoms with Crippen LogP contribution in [-0.4, -0.2) is 5.11 Å². The summed E-state index contributed by atoms with van der Waals surface area (Å²) < 4.78 is 26.1. The van der Waals surface area contributed by atoms with E-state index in [-0.39, 0.29) is 5.56 Å². The molecule has 1 unspecified atom stereocenters. The zero-order chi connectivity index (χ0) is 13.1. The summed E-state index contributed by atoms with van der Waals surface area (Å²) in [7, 11) is 0. The van der Waals surface area contributed by atoms with Crippen molar-refractivity contribution in [1.82, 2.24) is 0 Å². The molecule has 1 heterocycles. The molecule has 0 aliphatic carbocycles. The average molecular weight is 333 g/mol. The van der Waals surface area contributed by atoms with Gasteiger partial charge in [-0.15, -0.1) is 11.3 Å². The minimum Gasteiger partial charge on any atom is -0.388 e. The molecule has 0 saturated carbocycles. The second-order valence-electron chi connectivity index (χ2n) is 3.90. The van der Waals surface area contributed by atoms with Gasteiger partial charge in [0.1, 0.15) is 0 Å². The Morgan fingerprint density at radius 2 is 1.89 bits per heavy atom. The summed E-state index contributed by atoms with van der Waals surface area (Å²) in [5.41, 5.74) is 0.469. The van der Waals surface area contributed by atoms with Crippen LogP contribution in [0.25, 0.3) is 0 Å². The number of hydrogen-bond donors (Lipinski definition) is 1. The van der Waals surface area contributed by atoms with Gasteiger partial charge in [0.15, 0.2) is 0 Å². The highest BCUT2D eigenvalue weighted by Crippen LogP contribution is 2.28. The molecule has 1 N–H and O–H groups in total. The molecule has 2 aromatic rings. The standard InChI is InChI=1S/C13H11BrF2OS/c14-12-5-4-10(18-12)7-11(17)8-2-1-3-9(6-8)13(15)16/h1-6,11,13,17H,7H2. The molecule has 18 heavy (non-hydrogen) atoms. The molecule has 0 amide bonds. The topological polar surface area (TPSA) is 20.2 Å². The summed E-state index contributed by atoms with van der Waals surface area (Å²) in [6, 6.07) is 9.75. The third-order valence-electron chi connectivity index (χ3n) is 2.57. The predicted molar refractivity (Wildman–Crippen MR) is 72.1 cm³/mol. The molecule has 1 aromatic carbocycles. The average Bonchev–Trinajstić information content (AvgIpc) is 2.75. The summed E-state index contributed by atoms with van der Waals surface area (Å²) in [5, 5.41) is 10.0. The van der Waals surface area contributed by atoms with Crippen LogP contribution in [-0.2, 0) is 6.42 Å². The molecule has 5 heteroatoms. The fourth-order valence-corrected chi connectivity index (χ4v) is 3.19. The van der Waals surface area contributed by atoms with Gasteiger partial charge in [0.25, 0.3) is 6.43 Å². The smallest absolute Gasteiger partial charge is 0.263 e. The molecule has 0 fully saturated rings. The first-order chi connectivity index (χ1) is 8.56. The van der Waals surface area contributed by atoms with E-state index in [4.69, 9.17) is 0 Å². The lowest BCUT2D eigenvalue weighted by Crippen LogP contribution is -2.01. The van der Waals surface area contributed by atoms with Crippen molar-refractivity contribution in [1.29, 1.82) is 0 Å². The SMILES string of the molecule is OC(Cc1ccc(Br)s1)c1cccc(C(F)F)c1. The van der Waals surface area contributed by atoms with Gasteiger partial charge in [0.05, 0.1) is 9.89 Å². The van der Waals surface area contributed by atoms with Crippen LogP contribution in [0.3, 0.4) is 0 Å². The highest BCUT2D eigenvalue weighted by atomic mass is 79.9. The molecular formula is C13H11BrF2OS. The fourth-order valence-electron chi connectivity index (χ4n) is 1.67. The van der Waals surface area contributed by atoms with Crippen molar-refractivity contribution in [3.63, 3.8) is 0 Å². The highest BCUT2D eigenvalue weighted by Gasteiger charge is 2.13. The van der Waals surface area contributed by atoms with Crippen molar-refractivity contribution in [3.8, 4) is 0 Å². The lowest BCUT2D eigenvalue weighted by Gasteiger charge is -2.11. The molecule has 0 aliphatic rings. The number of rotatable bonds is 4. The molecule has 1 aromatic heterocycles. The molecule has 96 valence electrons. The quantitative estimate of drug-likeness (QED) is 0.858. The summed E-state index contributed by atoms with van der Waals surface area (Å²) in [6.45, 7) is 0. The third kappa shape index (κ3) is 3.37. The Kier molecular flexibility index (Phi) is 4.48. The van der Waals surface area contributed by atoms with Gasteiger partial charge in [-0.05, 0) is 39.7 Å². The largest absolute Gasteiger partial charge is 0.388 e. The van der Waals surface area contributed by atoms with Crippen molar-refractivity contribution in [2.24, 2.45) is 0 Å². The maximum atomic E-state index is 12.6. The van der Waals surface area contributed by atoms with Crippen molar-refractivity contribution >= 4 is 27.3 Å². The molecule has 0 saturated heterocycles. The summed E-state index contributed by atoms with van der Waals surface area (Å²) in [6.07, 6.45) is -2.83. The first-order valence-corrected chi connectivity index (χ1v) is 6.97. The van der Waals surface area contributed by atoms with Gasteiger partial charge in [-0.1, -0.05) is 18.2 Å².